The third-order valence-corrected chi connectivity index (χ3v) is 11.7. The highest BCUT2D eigenvalue weighted by molar-refractivity contribution is 4.79. The monoisotopic (exact) mass is 621 g/mol. The van der Waals surface area contributed by atoms with Gasteiger partial charge in [-0.25, -0.2) is 0 Å². The van der Waals surface area contributed by atoms with E-state index in [1.54, 1.807) is 0 Å². The average Bonchev–Trinajstić information content (AvgIpc) is 3.02. The number of hydrogen-bond acceptors (Lipinski definition) is 0. The van der Waals surface area contributed by atoms with Crippen molar-refractivity contribution in [3.05, 3.63) is 0 Å². The van der Waals surface area contributed by atoms with Crippen molar-refractivity contribution >= 4 is 0 Å². The molecule has 1 atom stereocenters. The largest absolute Gasteiger partial charge is 0.319 e. The van der Waals surface area contributed by atoms with Crippen molar-refractivity contribution in [3.63, 3.8) is 0 Å². The van der Waals surface area contributed by atoms with Crippen LogP contribution in [-0.2, 0) is 0 Å². The highest BCUT2D eigenvalue weighted by atomic mass is 15.4. The van der Waals surface area contributed by atoms with Crippen LogP contribution in [0.4, 0.5) is 0 Å². The van der Waals surface area contributed by atoms with Crippen LogP contribution in [0.15, 0.2) is 0 Å². The molecule has 0 aliphatic carbocycles. The first kappa shape index (κ1) is 44.0. The van der Waals surface area contributed by atoms with Gasteiger partial charge in [-0.05, 0) is 58.8 Å². The topological polar surface area (TPSA) is 0 Å². The SMILES string of the molecule is CCCCCCCCCC[N+](CCCCCCCCCC)(CCCCCCCCCC)C(C)(C)C(C)CCCCCCCC. The van der Waals surface area contributed by atoms with Crippen LogP contribution in [0.2, 0.25) is 0 Å². The number of quaternary nitrogens is 1. The Kier molecular flexibility index (Phi) is 31.5. The Balaban J connectivity index is 5.40. The molecule has 0 N–H and O–H groups in total. The summed E-state index contributed by atoms with van der Waals surface area (Å²) in [6.07, 6.45) is 44.7. The molecular formula is C43H90N+. The quantitative estimate of drug-likeness (QED) is 0.0483. The molecule has 0 aromatic carbocycles. The minimum atomic E-state index is 0.382. The highest BCUT2D eigenvalue weighted by Crippen LogP contribution is 2.37. The van der Waals surface area contributed by atoms with Crippen molar-refractivity contribution in [2.75, 3.05) is 19.6 Å². The summed E-state index contributed by atoms with van der Waals surface area (Å²) in [6.45, 7) is 21.8. The van der Waals surface area contributed by atoms with Gasteiger partial charge in [-0.2, -0.15) is 0 Å². The van der Waals surface area contributed by atoms with Gasteiger partial charge < -0.3 is 4.48 Å². The molecule has 266 valence electrons. The van der Waals surface area contributed by atoms with Crippen molar-refractivity contribution in [2.24, 2.45) is 5.92 Å². The Hall–Kier alpha value is -0.0400. The van der Waals surface area contributed by atoms with Gasteiger partial charge in [0.15, 0.2) is 0 Å². The lowest BCUT2D eigenvalue weighted by Crippen LogP contribution is -2.65. The first-order valence-electron chi connectivity index (χ1n) is 21.3. The van der Waals surface area contributed by atoms with E-state index in [2.05, 4.69) is 48.5 Å². The van der Waals surface area contributed by atoms with E-state index in [1.165, 1.54) is 223 Å². The van der Waals surface area contributed by atoms with Crippen LogP contribution in [0.25, 0.3) is 0 Å². The molecule has 44 heavy (non-hydrogen) atoms. The number of nitrogens with zero attached hydrogens (tertiary/aromatic N) is 1. The van der Waals surface area contributed by atoms with Crippen molar-refractivity contribution in [3.8, 4) is 0 Å². The predicted molar refractivity (Wildman–Crippen MR) is 204 cm³/mol. The Labute approximate surface area is 282 Å². The second kappa shape index (κ2) is 31.6. The lowest BCUT2D eigenvalue weighted by atomic mass is 9.80. The normalized spacial score (nSPS) is 13.2. The molecule has 0 saturated heterocycles. The lowest BCUT2D eigenvalue weighted by Gasteiger charge is -2.54. The third-order valence-electron chi connectivity index (χ3n) is 11.7. The predicted octanol–water partition coefficient (Wildman–Crippen LogP) is 15.4. The van der Waals surface area contributed by atoms with Gasteiger partial charge in [-0.15, -0.1) is 0 Å². The van der Waals surface area contributed by atoms with Gasteiger partial charge in [0.05, 0.1) is 25.2 Å². The summed E-state index contributed by atoms with van der Waals surface area (Å²) < 4.78 is 1.42. The van der Waals surface area contributed by atoms with Gasteiger partial charge in [0.2, 0.25) is 0 Å². The Morgan fingerprint density at radius 1 is 0.341 bits per heavy atom. The average molecular weight is 621 g/mol. The molecular weight excluding hydrogens is 530 g/mol. The molecule has 1 heteroatoms. The molecule has 0 aromatic rings. The minimum absolute atomic E-state index is 0.382. The summed E-state index contributed by atoms with van der Waals surface area (Å²) in [5.74, 6) is 0.811. The molecule has 0 bridgehead atoms. The van der Waals surface area contributed by atoms with Gasteiger partial charge in [0, 0.05) is 5.92 Å². The number of unbranched alkanes of at least 4 members (excludes halogenated alkanes) is 26. The zero-order valence-electron chi connectivity index (χ0n) is 32.6. The van der Waals surface area contributed by atoms with E-state index < -0.39 is 0 Å². The molecule has 0 spiro atoms. The zero-order chi connectivity index (χ0) is 32.6. The second-order valence-electron chi connectivity index (χ2n) is 15.9. The van der Waals surface area contributed by atoms with Crippen molar-refractivity contribution < 1.29 is 4.48 Å². The lowest BCUT2D eigenvalue weighted by molar-refractivity contribution is -0.977. The van der Waals surface area contributed by atoms with Crippen LogP contribution < -0.4 is 0 Å². The first-order valence-corrected chi connectivity index (χ1v) is 21.3. The van der Waals surface area contributed by atoms with Crippen LogP contribution in [0.5, 0.6) is 0 Å². The van der Waals surface area contributed by atoms with Gasteiger partial charge in [0.25, 0.3) is 0 Å². The van der Waals surface area contributed by atoms with Gasteiger partial charge in [0.1, 0.15) is 0 Å². The van der Waals surface area contributed by atoms with E-state index in [0.717, 1.165) is 5.92 Å². The second-order valence-corrected chi connectivity index (χ2v) is 15.9. The summed E-state index contributed by atoms with van der Waals surface area (Å²) in [6, 6.07) is 0. The number of hydrogen-bond donors (Lipinski definition) is 0. The van der Waals surface area contributed by atoms with Crippen molar-refractivity contribution in [1.82, 2.24) is 0 Å². The van der Waals surface area contributed by atoms with Crippen LogP contribution in [-0.4, -0.2) is 29.7 Å². The maximum absolute atomic E-state index is 2.72. The molecule has 0 amide bonds. The Morgan fingerprint density at radius 3 is 0.841 bits per heavy atom. The van der Waals surface area contributed by atoms with E-state index in [4.69, 9.17) is 0 Å². The molecule has 0 radical (unpaired) electrons. The molecule has 0 aromatic heterocycles. The van der Waals surface area contributed by atoms with Crippen molar-refractivity contribution in [2.45, 2.75) is 253 Å². The minimum Gasteiger partial charge on any atom is -0.319 e. The van der Waals surface area contributed by atoms with E-state index >= 15 is 0 Å². The summed E-state index contributed by atoms with van der Waals surface area (Å²) in [7, 11) is 0. The maximum atomic E-state index is 2.72. The highest BCUT2D eigenvalue weighted by Gasteiger charge is 2.45. The fraction of sp³-hybridized carbons (Fsp3) is 1.00. The zero-order valence-corrected chi connectivity index (χ0v) is 32.6. The van der Waals surface area contributed by atoms with Crippen LogP contribution in [0, 0.1) is 5.92 Å². The van der Waals surface area contributed by atoms with E-state index in [-0.39, 0.29) is 0 Å². The van der Waals surface area contributed by atoms with Crippen LogP contribution in [0.1, 0.15) is 248 Å². The fourth-order valence-electron chi connectivity index (χ4n) is 7.90. The molecule has 0 rings (SSSR count). The Morgan fingerprint density at radius 2 is 0.568 bits per heavy atom. The molecule has 0 heterocycles. The summed E-state index contributed by atoms with van der Waals surface area (Å²) in [5, 5.41) is 0. The Bertz CT molecular complexity index is 501. The first-order chi connectivity index (χ1) is 21.4. The molecule has 1 nitrogen and oxygen atoms in total. The molecule has 0 fully saturated rings. The van der Waals surface area contributed by atoms with E-state index in [1.807, 2.05) is 0 Å². The van der Waals surface area contributed by atoms with Crippen molar-refractivity contribution in [1.29, 1.82) is 0 Å². The van der Waals surface area contributed by atoms with Gasteiger partial charge in [-0.3, -0.25) is 0 Å². The third kappa shape index (κ3) is 22.5. The van der Waals surface area contributed by atoms with Gasteiger partial charge in [-0.1, -0.05) is 189 Å². The maximum Gasteiger partial charge on any atom is 0.0961 e. The fourth-order valence-corrected chi connectivity index (χ4v) is 7.90. The molecule has 1 unspecified atom stereocenters. The van der Waals surface area contributed by atoms with E-state index in [0.29, 0.717) is 5.54 Å². The smallest absolute Gasteiger partial charge is 0.0961 e. The van der Waals surface area contributed by atoms with Crippen LogP contribution in [0.3, 0.4) is 0 Å². The molecule has 0 aliphatic heterocycles. The standard InChI is InChI=1S/C43H90N/c1-8-12-16-20-24-27-31-35-39-44(40-36-32-28-25-21-17-13-9-2,41-37-33-29-26-22-18-14-10-3)43(6,7)42(5)38-34-30-23-19-15-11-4/h42H,8-41H2,1-7H3/q+1. The molecule has 0 saturated carbocycles. The summed E-state index contributed by atoms with van der Waals surface area (Å²) in [5.41, 5.74) is 0.382. The summed E-state index contributed by atoms with van der Waals surface area (Å²) in [4.78, 5) is 0. The molecule has 0 aliphatic rings. The number of rotatable bonds is 36. The van der Waals surface area contributed by atoms with E-state index in [9.17, 15) is 0 Å². The van der Waals surface area contributed by atoms with Gasteiger partial charge >= 0.3 is 0 Å². The summed E-state index contributed by atoms with van der Waals surface area (Å²) >= 11 is 0. The van der Waals surface area contributed by atoms with Crippen LogP contribution >= 0.6 is 0 Å².